The topological polar surface area (TPSA) is 75.2 Å². The van der Waals surface area contributed by atoms with Crippen LogP contribution < -0.4 is 5.32 Å². The van der Waals surface area contributed by atoms with E-state index in [9.17, 15) is 14.0 Å². The predicted octanol–water partition coefficient (Wildman–Crippen LogP) is 3.91. The fourth-order valence-corrected chi connectivity index (χ4v) is 3.93. The van der Waals surface area contributed by atoms with Crippen molar-refractivity contribution < 1.29 is 14.0 Å². The second-order valence-corrected chi connectivity index (χ2v) is 7.80. The van der Waals surface area contributed by atoms with E-state index in [4.69, 9.17) is 0 Å². The highest BCUT2D eigenvalue weighted by molar-refractivity contribution is 6.00. The molecule has 0 unspecified atom stereocenters. The summed E-state index contributed by atoms with van der Waals surface area (Å²) in [5, 5.41) is 3.44. The van der Waals surface area contributed by atoms with Gasteiger partial charge in [-0.25, -0.2) is 14.4 Å². The Bertz CT molecular complexity index is 1150. The molecule has 0 radical (unpaired) electrons. The molecule has 0 saturated carbocycles. The fourth-order valence-electron chi connectivity index (χ4n) is 3.93. The lowest BCUT2D eigenvalue weighted by molar-refractivity contribution is -0.111. The van der Waals surface area contributed by atoms with E-state index >= 15 is 0 Å². The highest BCUT2D eigenvalue weighted by Crippen LogP contribution is 2.26. The summed E-state index contributed by atoms with van der Waals surface area (Å²) in [5.41, 5.74) is 1.73. The molecule has 158 valence electrons. The van der Waals surface area contributed by atoms with Crippen molar-refractivity contribution in [3.8, 4) is 0 Å². The molecule has 3 aromatic rings. The molecule has 1 aromatic heterocycles. The number of carbonyl (C=O) groups excluding carboxylic acids is 2. The lowest BCUT2D eigenvalue weighted by Gasteiger charge is -2.18. The summed E-state index contributed by atoms with van der Waals surface area (Å²) in [7, 11) is 0. The second kappa shape index (κ2) is 8.63. The zero-order valence-corrected chi connectivity index (χ0v) is 17.3. The first-order chi connectivity index (χ1) is 14.9. The third kappa shape index (κ3) is 4.45. The number of anilines is 1. The average Bonchev–Trinajstić information content (AvgIpc) is 3.23. The van der Waals surface area contributed by atoms with Crippen LogP contribution in [0.1, 0.15) is 28.2 Å². The Hall–Kier alpha value is -3.61. The van der Waals surface area contributed by atoms with Crippen molar-refractivity contribution in [3.05, 3.63) is 78.0 Å². The van der Waals surface area contributed by atoms with E-state index < -0.39 is 11.7 Å². The van der Waals surface area contributed by atoms with Crippen LogP contribution in [0.5, 0.6) is 0 Å². The first-order valence-corrected chi connectivity index (χ1v) is 10.2. The first-order valence-electron chi connectivity index (χ1n) is 10.2. The largest absolute Gasteiger partial charge is 0.338 e. The molecule has 7 heteroatoms. The number of aromatic nitrogens is 2. The number of carbonyl (C=O) groups is 2. The molecule has 1 saturated heterocycles. The molecule has 2 amide bonds. The maximum Gasteiger partial charge on any atom is 0.253 e. The fraction of sp³-hybridized carbons (Fsp3) is 0.250. The molecule has 1 fully saturated rings. The number of likely N-dealkylation sites (tertiary alicyclic amines) is 1. The molecule has 1 aliphatic rings. The number of halogens is 1. The Labute approximate surface area is 179 Å². The molecule has 4 rings (SSSR count). The molecule has 0 aliphatic carbocycles. The van der Waals surface area contributed by atoms with E-state index in [2.05, 4.69) is 21.9 Å². The number of nitrogens with one attached hydrogen (secondary N) is 1. The van der Waals surface area contributed by atoms with Gasteiger partial charge >= 0.3 is 0 Å². The zero-order valence-electron chi connectivity index (χ0n) is 17.3. The lowest BCUT2D eigenvalue weighted by atomic mass is 10.0. The summed E-state index contributed by atoms with van der Waals surface area (Å²) in [6, 6.07) is 10.6. The van der Waals surface area contributed by atoms with E-state index in [1.54, 1.807) is 17.9 Å². The van der Waals surface area contributed by atoms with Gasteiger partial charge in [0.1, 0.15) is 11.6 Å². The SMILES string of the molecule is C=CC(=O)Nc1c(C)cc(C(=O)N2CC[C@@H](Cc3ncc4ccccc4n3)C2)cc1F. The molecule has 2 heterocycles. The highest BCUT2D eigenvalue weighted by atomic mass is 19.1. The van der Waals surface area contributed by atoms with Crippen LogP contribution in [0.15, 0.2) is 55.3 Å². The quantitative estimate of drug-likeness (QED) is 0.638. The number of amides is 2. The van der Waals surface area contributed by atoms with Gasteiger partial charge in [-0.1, -0.05) is 24.8 Å². The van der Waals surface area contributed by atoms with Crippen molar-refractivity contribution in [1.82, 2.24) is 14.9 Å². The Morgan fingerprint density at radius 3 is 2.90 bits per heavy atom. The first kappa shape index (κ1) is 20.7. The normalized spacial score (nSPS) is 15.8. The van der Waals surface area contributed by atoms with Crippen molar-refractivity contribution in [2.45, 2.75) is 19.8 Å². The number of rotatable bonds is 5. The minimum atomic E-state index is -0.640. The summed E-state index contributed by atoms with van der Waals surface area (Å²) in [4.78, 5) is 35.2. The van der Waals surface area contributed by atoms with Gasteiger partial charge in [-0.05, 0) is 49.1 Å². The number of para-hydroxylation sites is 1. The van der Waals surface area contributed by atoms with Gasteiger partial charge in [0.2, 0.25) is 5.91 Å². The van der Waals surface area contributed by atoms with Gasteiger partial charge in [0.05, 0.1) is 11.2 Å². The van der Waals surface area contributed by atoms with Crippen LogP contribution in [-0.4, -0.2) is 39.8 Å². The van der Waals surface area contributed by atoms with Gasteiger partial charge in [0, 0.05) is 36.7 Å². The maximum absolute atomic E-state index is 14.5. The Kier molecular flexibility index (Phi) is 5.75. The molecule has 6 nitrogen and oxygen atoms in total. The molecular formula is C24H23FN4O2. The summed E-state index contributed by atoms with van der Waals surface area (Å²) in [6.45, 7) is 6.19. The van der Waals surface area contributed by atoms with Gasteiger partial charge in [0.25, 0.3) is 5.91 Å². The van der Waals surface area contributed by atoms with Gasteiger partial charge in [-0.3, -0.25) is 9.59 Å². The van der Waals surface area contributed by atoms with E-state index in [1.807, 2.05) is 30.5 Å². The molecule has 0 bridgehead atoms. The average molecular weight is 418 g/mol. The van der Waals surface area contributed by atoms with Crippen LogP contribution in [0.3, 0.4) is 0 Å². The lowest BCUT2D eigenvalue weighted by Crippen LogP contribution is -2.29. The minimum absolute atomic E-state index is 0.0641. The molecular weight excluding hydrogens is 395 g/mol. The number of hydrogen-bond donors (Lipinski definition) is 1. The van der Waals surface area contributed by atoms with Gasteiger partial charge in [-0.2, -0.15) is 0 Å². The van der Waals surface area contributed by atoms with Crippen molar-refractivity contribution in [1.29, 1.82) is 0 Å². The summed E-state index contributed by atoms with van der Waals surface area (Å²) in [6.07, 6.45) is 4.43. The Morgan fingerprint density at radius 1 is 1.32 bits per heavy atom. The minimum Gasteiger partial charge on any atom is -0.338 e. The number of nitrogens with zero attached hydrogens (tertiary/aromatic N) is 3. The molecule has 1 atom stereocenters. The third-order valence-corrected chi connectivity index (χ3v) is 5.55. The highest BCUT2D eigenvalue weighted by Gasteiger charge is 2.28. The van der Waals surface area contributed by atoms with Crippen LogP contribution in [0, 0.1) is 18.7 Å². The van der Waals surface area contributed by atoms with Crippen molar-refractivity contribution >= 4 is 28.4 Å². The van der Waals surface area contributed by atoms with E-state index in [0.29, 0.717) is 25.1 Å². The van der Waals surface area contributed by atoms with E-state index in [0.717, 1.165) is 29.2 Å². The van der Waals surface area contributed by atoms with Crippen LogP contribution in [0.2, 0.25) is 0 Å². The number of benzene rings is 2. The summed E-state index contributed by atoms with van der Waals surface area (Å²) < 4.78 is 14.5. The molecule has 1 aliphatic heterocycles. The van der Waals surface area contributed by atoms with Gasteiger partial charge < -0.3 is 10.2 Å². The van der Waals surface area contributed by atoms with Crippen LogP contribution in [-0.2, 0) is 11.2 Å². The van der Waals surface area contributed by atoms with Crippen molar-refractivity contribution in [3.63, 3.8) is 0 Å². The van der Waals surface area contributed by atoms with Crippen LogP contribution in [0.4, 0.5) is 10.1 Å². The Balaban J connectivity index is 1.44. The maximum atomic E-state index is 14.5. The van der Waals surface area contributed by atoms with E-state index in [-0.39, 0.29) is 23.1 Å². The van der Waals surface area contributed by atoms with Crippen LogP contribution in [0.25, 0.3) is 10.9 Å². The molecule has 2 aromatic carbocycles. The number of fused-ring (bicyclic) bond motifs is 1. The smallest absolute Gasteiger partial charge is 0.253 e. The number of hydrogen-bond acceptors (Lipinski definition) is 4. The monoisotopic (exact) mass is 418 g/mol. The van der Waals surface area contributed by atoms with E-state index in [1.165, 1.54) is 6.07 Å². The molecule has 0 spiro atoms. The molecule has 31 heavy (non-hydrogen) atoms. The summed E-state index contributed by atoms with van der Waals surface area (Å²) >= 11 is 0. The predicted molar refractivity (Wildman–Crippen MR) is 117 cm³/mol. The third-order valence-electron chi connectivity index (χ3n) is 5.55. The van der Waals surface area contributed by atoms with Gasteiger partial charge in [-0.15, -0.1) is 0 Å². The van der Waals surface area contributed by atoms with Crippen molar-refractivity contribution in [2.75, 3.05) is 18.4 Å². The van der Waals surface area contributed by atoms with Gasteiger partial charge in [0.15, 0.2) is 0 Å². The summed E-state index contributed by atoms with van der Waals surface area (Å²) in [5.74, 6) is -0.340. The molecule has 1 N–H and O–H groups in total. The van der Waals surface area contributed by atoms with Crippen LogP contribution >= 0.6 is 0 Å². The standard InChI is InChI=1S/C24H23FN4O2/c1-3-22(30)28-23-15(2)10-18(12-19(23)25)24(31)29-9-8-16(14-29)11-21-26-13-17-6-4-5-7-20(17)27-21/h3-7,10,12-13,16H,1,8-9,11,14H2,2H3,(H,28,30)/t16-/m0/s1. The second-order valence-electron chi connectivity index (χ2n) is 7.80. The Morgan fingerprint density at radius 2 is 2.13 bits per heavy atom. The zero-order chi connectivity index (χ0) is 22.0. The van der Waals surface area contributed by atoms with Crippen molar-refractivity contribution in [2.24, 2.45) is 5.92 Å². The number of aryl methyl sites for hydroxylation is 1.